The number of hydrogen-bond acceptors (Lipinski definition) is 4. The molecule has 82 valence electrons. The maximum absolute atomic E-state index is 11.3. The van der Waals surface area contributed by atoms with E-state index in [0.29, 0.717) is 10.2 Å². The van der Waals surface area contributed by atoms with Gasteiger partial charge in [0.1, 0.15) is 4.47 Å². The summed E-state index contributed by atoms with van der Waals surface area (Å²) in [5.41, 5.74) is 0.985. The molecule has 0 N–H and O–H groups in total. The van der Waals surface area contributed by atoms with Crippen molar-refractivity contribution in [1.82, 2.24) is 5.16 Å². The molecule has 0 fully saturated rings. The minimum atomic E-state index is -0.530. The molecule has 4 nitrogen and oxygen atoms in total. The van der Waals surface area contributed by atoms with Crippen LogP contribution >= 0.6 is 15.9 Å². The van der Waals surface area contributed by atoms with Crippen LogP contribution in [-0.4, -0.2) is 18.2 Å². The normalized spacial score (nSPS) is 10.1. The van der Waals surface area contributed by atoms with Crippen LogP contribution in [0.2, 0.25) is 0 Å². The van der Waals surface area contributed by atoms with E-state index in [1.807, 2.05) is 30.3 Å². The molecule has 16 heavy (non-hydrogen) atoms. The van der Waals surface area contributed by atoms with E-state index in [2.05, 4.69) is 25.8 Å². The Morgan fingerprint density at radius 2 is 2.06 bits per heavy atom. The van der Waals surface area contributed by atoms with Crippen LogP contribution in [0.15, 0.2) is 39.3 Å². The highest BCUT2D eigenvalue weighted by atomic mass is 79.9. The second-order valence-corrected chi connectivity index (χ2v) is 3.82. The highest BCUT2D eigenvalue weighted by Gasteiger charge is 2.21. The fraction of sp³-hybridized carbons (Fsp3) is 0.0909. The van der Waals surface area contributed by atoms with Gasteiger partial charge < -0.3 is 9.26 Å². The van der Waals surface area contributed by atoms with Gasteiger partial charge in [0.15, 0.2) is 5.76 Å². The van der Waals surface area contributed by atoms with Gasteiger partial charge in [-0.3, -0.25) is 0 Å². The number of carbonyl (C=O) groups excluding carboxylic acids is 1. The summed E-state index contributed by atoms with van der Waals surface area (Å²) in [6, 6.07) is 9.39. The van der Waals surface area contributed by atoms with Crippen LogP contribution < -0.4 is 0 Å². The molecule has 0 aliphatic heterocycles. The Labute approximate surface area is 100 Å². The number of esters is 1. The van der Waals surface area contributed by atoms with Crippen LogP contribution in [0.1, 0.15) is 10.5 Å². The van der Waals surface area contributed by atoms with Gasteiger partial charge >= 0.3 is 5.97 Å². The second kappa shape index (κ2) is 4.49. The Balaban J connectivity index is 2.45. The highest BCUT2D eigenvalue weighted by molar-refractivity contribution is 9.10. The standard InChI is InChI=1S/C11H8BrNO3/c1-15-11(14)9-8(12)10(16-13-9)7-5-3-2-4-6-7/h2-6H,1H3. The van der Waals surface area contributed by atoms with Crippen LogP contribution in [0.3, 0.4) is 0 Å². The van der Waals surface area contributed by atoms with E-state index in [9.17, 15) is 4.79 Å². The Hall–Kier alpha value is -1.62. The average molecular weight is 282 g/mol. The quantitative estimate of drug-likeness (QED) is 0.795. The molecule has 2 aromatic rings. The summed E-state index contributed by atoms with van der Waals surface area (Å²) in [7, 11) is 1.30. The molecule has 0 bridgehead atoms. The van der Waals surface area contributed by atoms with Gasteiger partial charge in [-0.1, -0.05) is 35.5 Å². The molecular formula is C11H8BrNO3. The summed E-state index contributed by atoms with van der Waals surface area (Å²) in [6.07, 6.45) is 0. The first-order chi connectivity index (χ1) is 7.74. The molecule has 0 radical (unpaired) electrons. The molecule has 0 saturated carbocycles. The number of methoxy groups -OCH3 is 1. The maximum atomic E-state index is 11.3. The molecular weight excluding hydrogens is 274 g/mol. The Morgan fingerprint density at radius 1 is 1.38 bits per heavy atom. The molecule has 0 atom stereocenters. The Bertz CT molecular complexity index is 507. The minimum absolute atomic E-state index is 0.140. The Kier molecular flexibility index (Phi) is 3.05. The highest BCUT2D eigenvalue weighted by Crippen LogP contribution is 2.31. The second-order valence-electron chi connectivity index (χ2n) is 3.03. The zero-order valence-electron chi connectivity index (χ0n) is 8.44. The van der Waals surface area contributed by atoms with Gasteiger partial charge in [0.25, 0.3) is 0 Å². The van der Waals surface area contributed by atoms with Crippen molar-refractivity contribution in [2.75, 3.05) is 7.11 Å². The summed E-state index contributed by atoms with van der Waals surface area (Å²) in [6.45, 7) is 0. The summed E-state index contributed by atoms with van der Waals surface area (Å²) in [4.78, 5) is 11.3. The topological polar surface area (TPSA) is 52.3 Å². The fourth-order valence-electron chi connectivity index (χ4n) is 1.27. The average Bonchev–Trinajstić information content (AvgIpc) is 2.71. The van der Waals surface area contributed by atoms with Gasteiger partial charge in [0.05, 0.1) is 7.11 Å². The monoisotopic (exact) mass is 281 g/mol. The lowest BCUT2D eigenvalue weighted by Gasteiger charge is -1.95. The van der Waals surface area contributed by atoms with E-state index in [4.69, 9.17) is 4.52 Å². The predicted octanol–water partition coefficient (Wildman–Crippen LogP) is 2.89. The van der Waals surface area contributed by atoms with E-state index >= 15 is 0 Å². The van der Waals surface area contributed by atoms with Gasteiger partial charge in [-0.25, -0.2) is 4.79 Å². The Morgan fingerprint density at radius 3 is 2.69 bits per heavy atom. The zero-order chi connectivity index (χ0) is 11.5. The third-order valence-corrected chi connectivity index (χ3v) is 2.79. The number of ether oxygens (including phenoxy) is 1. The first-order valence-electron chi connectivity index (χ1n) is 4.53. The summed E-state index contributed by atoms with van der Waals surface area (Å²) < 4.78 is 10.2. The number of benzene rings is 1. The number of halogens is 1. The first-order valence-corrected chi connectivity index (χ1v) is 5.32. The van der Waals surface area contributed by atoms with Crippen LogP contribution in [0.25, 0.3) is 11.3 Å². The van der Waals surface area contributed by atoms with Crippen LogP contribution in [-0.2, 0) is 4.74 Å². The van der Waals surface area contributed by atoms with Crippen molar-refractivity contribution in [3.8, 4) is 11.3 Å². The molecule has 1 aromatic carbocycles. The van der Waals surface area contributed by atoms with Gasteiger partial charge in [-0.15, -0.1) is 0 Å². The van der Waals surface area contributed by atoms with Gasteiger partial charge in [0, 0.05) is 5.56 Å². The molecule has 1 aromatic heterocycles. The lowest BCUT2D eigenvalue weighted by molar-refractivity contribution is 0.0588. The molecule has 0 aliphatic rings. The lowest BCUT2D eigenvalue weighted by atomic mass is 10.2. The van der Waals surface area contributed by atoms with Crippen molar-refractivity contribution in [3.63, 3.8) is 0 Å². The van der Waals surface area contributed by atoms with E-state index in [-0.39, 0.29) is 5.69 Å². The largest absolute Gasteiger partial charge is 0.464 e. The van der Waals surface area contributed by atoms with Crippen molar-refractivity contribution in [3.05, 3.63) is 40.5 Å². The van der Waals surface area contributed by atoms with Crippen molar-refractivity contribution < 1.29 is 14.1 Å². The predicted molar refractivity (Wildman–Crippen MR) is 61.0 cm³/mol. The number of hydrogen-bond donors (Lipinski definition) is 0. The van der Waals surface area contributed by atoms with Crippen LogP contribution in [0, 0.1) is 0 Å². The SMILES string of the molecule is COC(=O)c1noc(-c2ccccc2)c1Br. The summed E-state index contributed by atoms with van der Waals surface area (Å²) >= 11 is 3.27. The van der Waals surface area contributed by atoms with E-state index in [0.717, 1.165) is 5.56 Å². The molecule has 0 amide bonds. The van der Waals surface area contributed by atoms with Gasteiger partial charge in [-0.2, -0.15) is 0 Å². The molecule has 0 saturated heterocycles. The third-order valence-electron chi connectivity index (χ3n) is 2.05. The van der Waals surface area contributed by atoms with Crippen LogP contribution in [0.5, 0.6) is 0 Å². The molecule has 0 aliphatic carbocycles. The smallest absolute Gasteiger partial charge is 0.361 e. The molecule has 1 heterocycles. The van der Waals surface area contributed by atoms with Crippen LogP contribution in [0.4, 0.5) is 0 Å². The van der Waals surface area contributed by atoms with E-state index in [1.54, 1.807) is 0 Å². The van der Waals surface area contributed by atoms with Crippen molar-refractivity contribution in [2.45, 2.75) is 0 Å². The lowest BCUT2D eigenvalue weighted by Crippen LogP contribution is -2.01. The van der Waals surface area contributed by atoms with E-state index < -0.39 is 5.97 Å². The molecule has 5 heteroatoms. The molecule has 2 rings (SSSR count). The zero-order valence-corrected chi connectivity index (χ0v) is 10.0. The number of rotatable bonds is 2. The van der Waals surface area contributed by atoms with E-state index in [1.165, 1.54) is 7.11 Å². The number of aromatic nitrogens is 1. The van der Waals surface area contributed by atoms with Gasteiger partial charge in [-0.05, 0) is 15.9 Å². The fourth-order valence-corrected chi connectivity index (χ4v) is 1.81. The first kappa shape index (κ1) is 10.9. The summed E-state index contributed by atoms with van der Waals surface area (Å²) in [5.74, 6) is -0.0150. The summed E-state index contributed by atoms with van der Waals surface area (Å²) in [5, 5.41) is 3.67. The maximum Gasteiger partial charge on any atom is 0.361 e. The van der Waals surface area contributed by atoms with Gasteiger partial charge in [0.2, 0.25) is 5.69 Å². The number of carbonyl (C=O) groups is 1. The minimum Gasteiger partial charge on any atom is -0.464 e. The molecule has 0 spiro atoms. The van der Waals surface area contributed by atoms with Crippen molar-refractivity contribution in [1.29, 1.82) is 0 Å². The number of nitrogens with zero attached hydrogens (tertiary/aromatic N) is 1. The van der Waals surface area contributed by atoms with Crippen molar-refractivity contribution in [2.24, 2.45) is 0 Å². The molecule has 0 unspecified atom stereocenters. The van der Waals surface area contributed by atoms with Crippen molar-refractivity contribution >= 4 is 21.9 Å². The third kappa shape index (κ3) is 1.86.